The molecule has 3 aromatic rings. The van der Waals surface area contributed by atoms with Crippen LogP contribution in [0.25, 0.3) is 11.0 Å². The van der Waals surface area contributed by atoms with E-state index in [1.54, 1.807) is 24.3 Å². The lowest BCUT2D eigenvalue weighted by Gasteiger charge is -2.26. The Labute approximate surface area is 161 Å². The lowest BCUT2D eigenvalue weighted by atomic mass is 9.88. The van der Waals surface area contributed by atoms with Gasteiger partial charge in [0.05, 0.1) is 6.04 Å². The van der Waals surface area contributed by atoms with Crippen LogP contribution in [0.5, 0.6) is 0 Å². The van der Waals surface area contributed by atoms with Gasteiger partial charge in [0.25, 0.3) is 5.91 Å². The molecule has 2 aromatic carbocycles. The number of hydrogen-bond acceptors (Lipinski definition) is 5. The minimum absolute atomic E-state index is 0.0955. The predicted octanol–water partition coefficient (Wildman–Crippen LogP) is 3.14. The van der Waals surface area contributed by atoms with E-state index in [1.165, 1.54) is 11.6 Å². The van der Waals surface area contributed by atoms with Gasteiger partial charge >= 0.3 is 11.6 Å². The Kier molecular flexibility index (Phi) is 4.93. The van der Waals surface area contributed by atoms with Crippen LogP contribution in [0.15, 0.2) is 63.8 Å². The summed E-state index contributed by atoms with van der Waals surface area (Å²) in [5.74, 6) is -1.28. The molecular formula is C22H19NO5. The molecule has 0 saturated carbocycles. The van der Waals surface area contributed by atoms with E-state index in [1.807, 2.05) is 18.2 Å². The predicted molar refractivity (Wildman–Crippen MR) is 103 cm³/mol. The normalized spacial score (nSPS) is 15.6. The molecule has 1 aliphatic carbocycles. The number of fused-ring (bicyclic) bond motifs is 2. The molecule has 1 aliphatic rings. The maximum atomic E-state index is 12.3. The zero-order chi connectivity index (χ0) is 19.5. The zero-order valence-electron chi connectivity index (χ0n) is 15.1. The molecule has 6 nitrogen and oxygen atoms in total. The zero-order valence-corrected chi connectivity index (χ0v) is 15.1. The Morgan fingerprint density at radius 2 is 1.89 bits per heavy atom. The lowest BCUT2D eigenvalue weighted by molar-refractivity contribution is -0.125. The third-order valence-electron chi connectivity index (χ3n) is 4.90. The van der Waals surface area contributed by atoms with Gasteiger partial charge in [-0.25, -0.2) is 9.59 Å². The molecule has 1 atom stereocenters. The first kappa shape index (κ1) is 18.0. The fourth-order valence-corrected chi connectivity index (χ4v) is 3.55. The van der Waals surface area contributed by atoms with Crippen LogP contribution in [0, 0.1) is 0 Å². The number of hydrogen-bond donors (Lipinski definition) is 1. The fraction of sp³-hybridized carbons (Fsp3) is 0.227. The minimum Gasteiger partial charge on any atom is -0.452 e. The van der Waals surface area contributed by atoms with E-state index >= 15 is 0 Å². The Hall–Kier alpha value is -3.41. The first-order valence-corrected chi connectivity index (χ1v) is 9.19. The summed E-state index contributed by atoms with van der Waals surface area (Å²) < 4.78 is 10.2. The molecule has 0 fully saturated rings. The average Bonchev–Trinajstić information content (AvgIpc) is 2.72. The number of nitrogens with one attached hydrogen (secondary N) is 1. The monoisotopic (exact) mass is 377 g/mol. The van der Waals surface area contributed by atoms with E-state index in [0.29, 0.717) is 11.0 Å². The van der Waals surface area contributed by atoms with Crippen molar-refractivity contribution < 1.29 is 18.7 Å². The van der Waals surface area contributed by atoms with Crippen molar-refractivity contribution in [2.24, 2.45) is 0 Å². The highest BCUT2D eigenvalue weighted by atomic mass is 16.5. The van der Waals surface area contributed by atoms with Gasteiger partial charge in [-0.3, -0.25) is 4.79 Å². The highest BCUT2D eigenvalue weighted by Gasteiger charge is 2.22. The smallest absolute Gasteiger partial charge is 0.351 e. The van der Waals surface area contributed by atoms with E-state index < -0.39 is 24.1 Å². The highest BCUT2D eigenvalue weighted by Crippen LogP contribution is 2.29. The number of carbonyl (C=O) groups excluding carboxylic acids is 2. The largest absolute Gasteiger partial charge is 0.452 e. The van der Waals surface area contributed by atoms with Crippen molar-refractivity contribution in [3.05, 3.63) is 81.7 Å². The topological polar surface area (TPSA) is 85.6 Å². The van der Waals surface area contributed by atoms with Crippen LogP contribution in [0.4, 0.5) is 0 Å². The molecule has 0 radical (unpaired) electrons. The van der Waals surface area contributed by atoms with Gasteiger partial charge in [-0.2, -0.15) is 0 Å². The van der Waals surface area contributed by atoms with Crippen LogP contribution in [0.1, 0.15) is 40.4 Å². The second-order valence-corrected chi connectivity index (χ2v) is 6.77. The van der Waals surface area contributed by atoms with E-state index in [2.05, 4.69) is 11.4 Å². The molecule has 1 N–H and O–H groups in total. The van der Waals surface area contributed by atoms with Crippen molar-refractivity contribution in [2.75, 3.05) is 6.61 Å². The molecule has 0 saturated heterocycles. The van der Waals surface area contributed by atoms with Crippen molar-refractivity contribution >= 4 is 22.8 Å². The summed E-state index contributed by atoms with van der Waals surface area (Å²) in [6.07, 6.45) is 2.82. The molecule has 0 spiro atoms. The average molecular weight is 377 g/mol. The minimum atomic E-state index is -0.876. The number of rotatable bonds is 4. The van der Waals surface area contributed by atoms with E-state index in [-0.39, 0.29) is 11.6 Å². The van der Waals surface area contributed by atoms with E-state index in [0.717, 1.165) is 24.8 Å². The number of ether oxygens (including phenoxy) is 1. The van der Waals surface area contributed by atoms with Crippen molar-refractivity contribution in [3.8, 4) is 0 Å². The Bertz CT molecular complexity index is 1100. The summed E-state index contributed by atoms with van der Waals surface area (Å²) in [5, 5.41) is 3.52. The van der Waals surface area contributed by atoms with Gasteiger partial charge in [-0.1, -0.05) is 42.5 Å². The van der Waals surface area contributed by atoms with E-state index in [9.17, 15) is 14.4 Å². The molecule has 1 heterocycles. The molecule has 0 bridgehead atoms. The third-order valence-corrected chi connectivity index (χ3v) is 4.90. The van der Waals surface area contributed by atoms with Gasteiger partial charge < -0.3 is 14.5 Å². The summed E-state index contributed by atoms with van der Waals surface area (Å²) in [7, 11) is 0. The maximum absolute atomic E-state index is 12.3. The van der Waals surface area contributed by atoms with Gasteiger partial charge in [0.2, 0.25) is 0 Å². The number of amides is 1. The molecule has 0 unspecified atom stereocenters. The fourth-order valence-electron chi connectivity index (χ4n) is 3.55. The summed E-state index contributed by atoms with van der Waals surface area (Å²) in [5.41, 5.74) is 1.70. The van der Waals surface area contributed by atoms with Crippen LogP contribution < -0.4 is 10.9 Å². The molecule has 28 heavy (non-hydrogen) atoms. The summed E-state index contributed by atoms with van der Waals surface area (Å²) in [6, 6.07) is 16.2. The summed E-state index contributed by atoms with van der Waals surface area (Å²) in [4.78, 5) is 36.5. The number of benzene rings is 2. The SMILES string of the molecule is O=C(COC(=O)c1cc2ccccc2oc1=O)N[C@@H]1CCCc2ccccc21. The Morgan fingerprint density at radius 3 is 2.79 bits per heavy atom. The summed E-state index contributed by atoms with van der Waals surface area (Å²) in [6.45, 7) is -0.455. The second kappa shape index (κ2) is 7.68. The molecule has 0 aliphatic heterocycles. The van der Waals surface area contributed by atoms with Gasteiger partial charge in [0, 0.05) is 5.39 Å². The molecule has 142 valence electrons. The van der Waals surface area contributed by atoms with Crippen molar-refractivity contribution in [2.45, 2.75) is 25.3 Å². The van der Waals surface area contributed by atoms with Crippen LogP contribution in [0.3, 0.4) is 0 Å². The first-order chi connectivity index (χ1) is 13.6. The Morgan fingerprint density at radius 1 is 1.11 bits per heavy atom. The van der Waals surface area contributed by atoms with Crippen molar-refractivity contribution in [1.29, 1.82) is 0 Å². The summed E-state index contributed by atoms with van der Waals surface area (Å²) >= 11 is 0. The highest BCUT2D eigenvalue weighted by molar-refractivity contribution is 5.94. The lowest BCUT2D eigenvalue weighted by Crippen LogP contribution is -2.34. The quantitative estimate of drug-likeness (QED) is 0.558. The van der Waals surface area contributed by atoms with Crippen molar-refractivity contribution in [3.63, 3.8) is 0 Å². The third kappa shape index (κ3) is 3.67. The molecule has 1 aromatic heterocycles. The standard InChI is InChI=1S/C22H19NO5/c24-20(23-18-10-5-8-14-6-1-3-9-16(14)18)13-27-21(25)17-12-15-7-2-4-11-19(15)28-22(17)26/h1-4,6-7,9,11-12,18H,5,8,10,13H2,(H,23,24)/t18-/m1/s1. The number of aryl methyl sites for hydroxylation is 1. The van der Waals surface area contributed by atoms with Gasteiger partial charge in [-0.05, 0) is 42.5 Å². The van der Waals surface area contributed by atoms with Gasteiger partial charge in [-0.15, -0.1) is 0 Å². The maximum Gasteiger partial charge on any atom is 0.351 e. The van der Waals surface area contributed by atoms with Gasteiger partial charge in [0.15, 0.2) is 6.61 Å². The van der Waals surface area contributed by atoms with Crippen molar-refractivity contribution in [1.82, 2.24) is 5.32 Å². The van der Waals surface area contributed by atoms with Crippen LogP contribution >= 0.6 is 0 Å². The molecular weight excluding hydrogens is 358 g/mol. The van der Waals surface area contributed by atoms with Crippen LogP contribution in [-0.2, 0) is 16.0 Å². The Balaban J connectivity index is 1.41. The molecule has 1 amide bonds. The van der Waals surface area contributed by atoms with Gasteiger partial charge in [0.1, 0.15) is 11.1 Å². The molecule has 6 heteroatoms. The molecule has 4 rings (SSSR count). The number of carbonyl (C=O) groups is 2. The van der Waals surface area contributed by atoms with Crippen LogP contribution in [-0.4, -0.2) is 18.5 Å². The van der Waals surface area contributed by atoms with Crippen LogP contribution in [0.2, 0.25) is 0 Å². The van der Waals surface area contributed by atoms with E-state index in [4.69, 9.17) is 9.15 Å². The first-order valence-electron chi connectivity index (χ1n) is 9.19. The number of esters is 1. The number of para-hydroxylation sites is 1. The second-order valence-electron chi connectivity index (χ2n) is 6.77.